The lowest BCUT2D eigenvalue weighted by molar-refractivity contribution is 0.281. The topological polar surface area (TPSA) is 78.8 Å². The molecule has 0 atom stereocenters. The molecule has 0 aliphatic carbocycles. The Kier molecular flexibility index (Phi) is 4.76. The molecule has 6 heteroatoms. The van der Waals surface area contributed by atoms with Crippen LogP contribution in [0.3, 0.4) is 0 Å². The van der Waals surface area contributed by atoms with Crippen molar-refractivity contribution in [2.75, 3.05) is 5.32 Å². The first-order chi connectivity index (χ1) is 15.1. The molecule has 0 radical (unpaired) electrons. The highest BCUT2D eigenvalue weighted by Gasteiger charge is 2.12. The molecule has 3 N–H and O–H groups in total. The third-order valence-electron chi connectivity index (χ3n) is 5.43. The zero-order valence-corrected chi connectivity index (χ0v) is 17.4. The van der Waals surface area contributed by atoms with E-state index in [1.807, 2.05) is 66.2 Å². The van der Waals surface area contributed by atoms with E-state index in [2.05, 4.69) is 34.3 Å². The summed E-state index contributed by atoms with van der Waals surface area (Å²) in [6.07, 6.45) is 3.70. The molecule has 6 nitrogen and oxygen atoms in total. The molecule has 0 aliphatic heterocycles. The molecule has 0 unspecified atom stereocenters. The van der Waals surface area contributed by atoms with Gasteiger partial charge in [-0.15, -0.1) is 0 Å². The Bertz CT molecular complexity index is 1380. The number of aliphatic hydroxyl groups is 1. The second-order valence-corrected chi connectivity index (χ2v) is 7.65. The van der Waals surface area contributed by atoms with E-state index >= 15 is 0 Å². The largest absolute Gasteiger partial charge is 0.392 e. The van der Waals surface area contributed by atoms with Gasteiger partial charge in [0.15, 0.2) is 0 Å². The van der Waals surface area contributed by atoms with E-state index in [1.54, 1.807) is 6.33 Å². The van der Waals surface area contributed by atoms with Crippen LogP contribution in [-0.2, 0) is 6.61 Å². The Morgan fingerprint density at radius 1 is 1.03 bits per heavy atom. The van der Waals surface area contributed by atoms with Crippen molar-refractivity contribution in [3.05, 3.63) is 90.0 Å². The first-order valence-corrected chi connectivity index (χ1v) is 10.2. The fourth-order valence-corrected chi connectivity index (χ4v) is 3.85. The number of hydrogen-bond acceptors (Lipinski definition) is 4. The maximum Gasteiger partial charge on any atom is 0.138 e. The van der Waals surface area contributed by atoms with Crippen molar-refractivity contribution < 1.29 is 5.11 Å². The zero-order valence-electron chi connectivity index (χ0n) is 17.4. The molecule has 154 valence electrons. The Balaban J connectivity index is 1.51. The Morgan fingerprint density at radius 3 is 2.68 bits per heavy atom. The van der Waals surface area contributed by atoms with Crippen molar-refractivity contribution in [2.24, 2.45) is 0 Å². The van der Waals surface area contributed by atoms with Crippen molar-refractivity contribution >= 4 is 22.4 Å². The quantitative estimate of drug-likeness (QED) is 0.370. The zero-order chi connectivity index (χ0) is 21.4. The summed E-state index contributed by atoms with van der Waals surface area (Å²) in [7, 11) is 0. The van der Waals surface area contributed by atoms with Gasteiger partial charge in [-0.2, -0.15) is 0 Å². The molecular weight excluding hydrogens is 386 g/mol. The Labute approximate surface area is 180 Å². The van der Waals surface area contributed by atoms with Gasteiger partial charge in [0.1, 0.15) is 11.3 Å². The van der Waals surface area contributed by atoms with Crippen LogP contribution in [0.5, 0.6) is 0 Å². The number of para-hydroxylation sites is 1. The second kappa shape index (κ2) is 7.74. The van der Waals surface area contributed by atoms with Gasteiger partial charge in [0.25, 0.3) is 0 Å². The summed E-state index contributed by atoms with van der Waals surface area (Å²) >= 11 is 0. The maximum atomic E-state index is 9.93. The van der Waals surface area contributed by atoms with Gasteiger partial charge in [0, 0.05) is 23.0 Å². The van der Waals surface area contributed by atoms with Crippen LogP contribution in [-0.4, -0.2) is 24.6 Å². The number of H-pyrrole nitrogens is 1. The van der Waals surface area contributed by atoms with E-state index in [0.717, 1.165) is 50.7 Å². The number of aryl methyl sites for hydroxylation is 2. The number of aliphatic hydroxyl groups excluding tert-OH is 1. The summed E-state index contributed by atoms with van der Waals surface area (Å²) < 4.78 is 1.92. The highest BCUT2D eigenvalue weighted by molar-refractivity contribution is 5.92. The van der Waals surface area contributed by atoms with Crippen LogP contribution >= 0.6 is 0 Å². The molecule has 0 bridgehead atoms. The number of aromatic amines is 1. The van der Waals surface area contributed by atoms with Gasteiger partial charge in [0.05, 0.1) is 35.5 Å². The third kappa shape index (κ3) is 3.58. The average molecular weight is 409 g/mol. The van der Waals surface area contributed by atoms with Crippen molar-refractivity contribution in [1.82, 2.24) is 19.5 Å². The molecule has 0 saturated carbocycles. The Hall–Kier alpha value is -3.90. The van der Waals surface area contributed by atoms with Crippen molar-refractivity contribution in [3.8, 4) is 17.1 Å². The SMILES string of the molecule is Cc1cn(-c2ccc(Nc3cccc4[nH]c(-c5ccccc5C)nc34)cc2CO)cn1. The minimum absolute atomic E-state index is 0.0634. The number of benzene rings is 3. The maximum absolute atomic E-state index is 9.93. The van der Waals surface area contributed by atoms with Gasteiger partial charge in [-0.1, -0.05) is 30.3 Å². The Morgan fingerprint density at radius 2 is 1.90 bits per heavy atom. The monoisotopic (exact) mass is 409 g/mol. The van der Waals surface area contributed by atoms with Crippen LogP contribution in [0.25, 0.3) is 28.1 Å². The summed E-state index contributed by atoms with van der Waals surface area (Å²) in [6.45, 7) is 3.97. The number of imidazole rings is 2. The predicted octanol–water partition coefficient (Wildman–Crippen LogP) is 5.27. The summed E-state index contributed by atoms with van der Waals surface area (Å²) in [5, 5.41) is 13.4. The molecule has 31 heavy (non-hydrogen) atoms. The number of anilines is 2. The number of nitrogens with one attached hydrogen (secondary N) is 2. The van der Waals surface area contributed by atoms with Gasteiger partial charge < -0.3 is 20.0 Å². The lowest BCUT2D eigenvalue weighted by Crippen LogP contribution is -2.00. The molecule has 2 heterocycles. The standard InChI is InChI=1S/C25H23N5O/c1-16-6-3-4-7-20(16)25-28-22-9-5-8-21(24(22)29-25)27-19-10-11-23(18(12-19)14-31)30-13-17(2)26-15-30/h3-13,15,27,31H,14H2,1-2H3,(H,28,29). The van der Waals surface area contributed by atoms with Gasteiger partial charge in [-0.25, -0.2) is 9.97 Å². The van der Waals surface area contributed by atoms with E-state index in [-0.39, 0.29) is 6.61 Å². The molecule has 0 saturated heterocycles. The highest BCUT2D eigenvalue weighted by atomic mass is 16.3. The first-order valence-electron chi connectivity index (χ1n) is 10.2. The third-order valence-corrected chi connectivity index (χ3v) is 5.43. The molecule has 0 aliphatic rings. The van der Waals surface area contributed by atoms with Gasteiger partial charge in [-0.3, -0.25) is 0 Å². The van der Waals surface area contributed by atoms with Crippen LogP contribution in [0.4, 0.5) is 11.4 Å². The molecule has 5 aromatic rings. The normalized spacial score (nSPS) is 11.2. The molecule has 2 aromatic heterocycles. The number of rotatable bonds is 5. The fourth-order valence-electron chi connectivity index (χ4n) is 3.85. The van der Waals surface area contributed by atoms with Crippen LogP contribution < -0.4 is 5.32 Å². The summed E-state index contributed by atoms with van der Waals surface area (Å²) in [5.41, 5.74) is 8.56. The molecule has 5 rings (SSSR count). The van der Waals surface area contributed by atoms with E-state index in [0.29, 0.717) is 0 Å². The van der Waals surface area contributed by atoms with E-state index < -0.39 is 0 Å². The van der Waals surface area contributed by atoms with E-state index in [1.165, 1.54) is 5.56 Å². The fraction of sp³-hybridized carbons (Fsp3) is 0.120. The molecular formula is C25H23N5O. The van der Waals surface area contributed by atoms with Gasteiger partial charge >= 0.3 is 0 Å². The number of aromatic nitrogens is 4. The van der Waals surface area contributed by atoms with Crippen molar-refractivity contribution in [1.29, 1.82) is 0 Å². The van der Waals surface area contributed by atoms with E-state index in [4.69, 9.17) is 4.98 Å². The van der Waals surface area contributed by atoms with Crippen LogP contribution in [0.2, 0.25) is 0 Å². The van der Waals surface area contributed by atoms with Crippen LogP contribution in [0.15, 0.2) is 73.2 Å². The molecule has 3 aromatic carbocycles. The van der Waals surface area contributed by atoms with Crippen molar-refractivity contribution in [2.45, 2.75) is 20.5 Å². The smallest absolute Gasteiger partial charge is 0.138 e. The van der Waals surface area contributed by atoms with Crippen LogP contribution in [0, 0.1) is 13.8 Å². The van der Waals surface area contributed by atoms with Gasteiger partial charge in [0.2, 0.25) is 0 Å². The number of hydrogen-bond donors (Lipinski definition) is 3. The first kappa shape index (κ1) is 19.1. The van der Waals surface area contributed by atoms with E-state index in [9.17, 15) is 5.11 Å². The summed E-state index contributed by atoms with van der Waals surface area (Å²) in [5.74, 6) is 0.851. The number of nitrogens with zero attached hydrogens (tertiary/aromatic N) is 3. The average Bonchev–Trinajstić information content (AvgIpc) is 3.41. The summed E-state index contributed by atoms with van der Waals surface area (Å²) in [4.78, 5) is 12.6. The van der Waals surface area contributed by atoms with Crippen molar-refractivity contribution in [3.63, 3.8) is 0 Å². The molecule has 0 fully saturated rings. The van der Waals surface area contributed by atoms with Crippen LogP contribution in [0.1, 0.15) is 16.8 Å². The molecule has 0 amide bonds. The number of fused-ring (bicyclic) bond motifs is 1. The second-order valence-electron chi connectivity index (χ2n) is 7.65. The minimum Gasteiger partial charge on any atom is -0.392 e. The predicted molar refractivity (Wildman–Crippen MR) is 124 cm³/mol. The molecule has 0 spiro atoms. The summed E-state index contributed by atoms with van der Waals surface area (Å²) in [6, 6.07) is 20.2. The van der Waals surface area contributed by atoms with Gasteiger partial charge in [-0.05, 0) is 49.7 Å². The lowest BCUT2D eigenvalue weighted by Gasteiger charge is -2.12. The lowest BCUT2D eigenvalue weighted by atomic mass is 10.1. The minimum atomic E-state index is -0.0634. The highest BCUT2D eigenvalue weighted by Crippen LogP contribution is 2.30.